The summed E-state index contributed by atoms with van der Waals surface area (Å²) in [7, 11) is 0. The van der Waals surface area contributed by atoms with Gasteiger partial charge in [-0.25, -0.2) is 0 Å². The van der Waals surface area contributed by atoms with Gasteiger partial charge in [-0.05, 0) is 30.5 Å². The van der Waals surface area contributed by atoms with Crippen molar-refractivity contribution in [3.8, 4) is 0 Å². The number of aryl methyl sites for hydroxylation is 1. The van der Waals surface area contributed by atoms with E-state index >= 15 is 0 Å². The van der Waals surface area contributed by atoms with E-state index in [1.165, 1.54) is 4.57 Å². The molecule has 2 N–H and O–H groups in total. The highest BCUT2D eigenvalue weighted by Gasteiger charge is 2.05. The van der Waals surface area contributed by atoms with Gasteiger partial charge in [0.2, 0.25) is 5.91 Å². The third kappa shape index (κ3) is 4.30. The van der Waals surface area contributed by atoms with Gasteiger partial charge in [-0.15, -0.1) is 0 Å². The molecule has 2 rings (SSSR count). The van der Waals surface area contributed by atoms with Crippen LogP contribution < -0.4 is 10.9 Å². The molecule has 0 saturated heterocycles. The van der Waals surface area contributed by atoms with Gasteiger partial charge in [-0.1, -0.05) is 30.3 Å². The Morgan fingerprint density at radius 1 is 1.18 bits per heavy atom. The number of aromatic nitrogens is 1. The molecule has 5 heteroatoms. The second-order valence-electron chi connectivity index (χ2n) is 5.20. The Bertz CT molecular complexity index is 690. The minimum absolute atomic E-state index is 0.0300. The first-order valence-corrected chi connectivity index (χ1v) is 7.21. The van der Waals surface area contributed by atoms with Crippen molar-refractivity contribution in [3.05, 3.63) is 69.6 Å². The molecule has 1 aromatic heterocycles. The monoisotopic (exact) mass is 300 g/mol. The van der Waals surface area contributed by atoms with Gasteiger partial charge in [0.25, 0.3) is 5.56 Å². The summed E-state index contributed by atoms with van der Waals surface area (Å²) in [6.07, 6.45) is 2.32. The lowest BCUT2D eigenvalue weighted by Gasteiger charge is -2.08. The Morgan fingerprint density at radius 3 is 2.55 bits per heavy atom. The van der Waals surface area contributed by atoms with Crippen molar-refractivity contribution in [2.24, 2.45) is 0 Å². The Hall–Kier alpha value is -2.40. The highest BCUT2D eigenvalue weighted by molar-refractivity contribution is 5.75. The number of benzene rings is 1. The Labute approximate surface area is 129 Å². The van der Waals surface area contributed by atoms with E-state index in [0.717, 1.165) is 11.1 Å². The number of rotatable bonds is 6. The largest absolute Gasteiger partial charge is 0.392 e. The fourth-order valence-corrected chi connectivity index (χ4v) is 2.15. The molecule has 0 spiro atoms. The molecular weight excluding hydrogens is 280 g/mol. The number of amides is 1. The van der Waals surface area contributed by atoms with Gasteiger partial charge >= 0.3 is 0 Å². The predicted octanol–water partition coefficient (Wildman–Crippen LogP) is 1.01. The van der Waals surface area contributed by atoms with Crippen molar-refractivity contribution in [1.82, 2.24) is 9.88 Å². The molecule has 0 aliphatic carbocycles. The average molecular weight is 300 g/mol. The van der Waals surface area contributed by atoms with Crippen LogP contribution >= 0.6 is 0 Å². The number of aliphatic hydroxyl groups excluding tert-OH is 1. The molecule has 0 saturated carbocycles. The molecule has 1 aromatic carbocycles. The lowest BCUT2D eigenvalue weighted by atomic mass is 10.1. The lowest BCUT2D eigenvalue weighted by molar-refractivity contribution is -0.121. The topological polar surface area (TPSA) is 71.3 Å². The predicted molar refractivity (Wildman–Crippen MR) is 84.5 cm³/mol. The molecule has 0 unspecified atom stereocenters. The standard InChI is InChI=1S/C17H20N2O3/c1-13-3-2-10-19(17(13)22)11-16(21)18-9-8-14-4-6-15(12-20)7-5-14/h2-7,10,20H,8-9,11-12H2,1H3,(H,18,21). The third-order valence-electron chi connectivity index (χ3n) is 3.47. The lowest BCUT2D eigenvalue weighted by Crippen LogP contribution is -2.33. The summed E-state index contributed by atoms with van der Waals surface area (Å²) in [6.45, 7) is 2.30. The fourth-order valence-electron chi connectivity index (χ4n) is 2.15. The molecule has 1 heterocycles. The summed E-state index contributed by atoms with van der Waals surface area (Å²) < 4.78 is 1.40. The van der Waals surface area contributed by atoms with Gasteiger partial charge < -0.3 is 15.0 Å². The van der Waals surface area contributed by atoms with Gasteiger partial charge in [-0.3, -0.25) is 9.59 Å². The zero-order valence-corrected chi connectivity index (χ0v) is 12.6. The van der Waals surface area contributed by atoms with Gasteiger partial charge in [0.15, 0.2) is 0 Å². The molecule has 116 valence electrons. The summed E-state index contributed by atoms with van der Waals surface area (Å²) >= 11 is 0. The van der Waals surface area contributed by atoms with Crippen molar-refractivity contribution < 1.29 is 9.90 Å². The molecule has 0 aliphatic heterocycles. The second kappa shape index (κ2) is 7.56. The van der Waals surface area contributed by atoms with Crippen LogP contribution in [0.3, 0.4) is 0 Å². The van der Waals surface area contributed by atoms with E-state index in [9.17, 15) is 9.59 Å². The Balaban J connectivity index is 1.82. The third-order valence-corrected chi connectivity index (χ3v) is 3.47. The highest BCUT2D eigenvalue weighted by atomic mass is 16.3. The summed E-state index contributed by atoms with van der Waals surface area (Å²) in [5.74, 6) is -0.181. The zero-order chi connectivity index (χ0) is 15.9. The van der Waals surface area contributed by atoms with Gasteiger partial charge in [0, 0.05) is 18.3 Å². The maximum Gasteiger partial charge on any atom is 0.253 e. The van der Waals surface area contributed by atoms with Crippen molar-refractivity contribution >= 4 is 5.91 Å². The smallest absolute Gasteiger partial charge is 0.253 e. The minimum Gasteiger partial charge on any atom is -0.392 e. The van der Waals surface area contributed by atoms with Crippen molar-refractivity contribution in [2.75, 3.05) is 6.54 Å². The van der Waals surface area contributed by atoms with Crippen LogP contribution in [0.15, 0.2) is 47.4 Å². The number of hydrogen-bond donors (Lipinski definition) is 2. The van der Waals surface area contributed by atoms with Crippen LogP contribution in [-0.2, 0) is 24.4 Å². The maximum atomic E-state index is 11.9. The molecule has 0 aliphatic rings. The molecule has 0 bridgehead atoms. The summed E-state index contributed by atoms with van der Waals surface area (Å²) in [4.78, 5) is 23.7. The first-order valence-electron chi connectivity index (χ1n) is 7.21. The van der Waals surface area contributed by atoms with E-state index in [0.29, 0.717) is 18.5 Å². The molecule has 0 atom stereocenters. The molecule has 22 heavy (non-hydrogen) atoms. The van der Waals surface area contributed by atoms with E-state index < -0.39 is 0 Å². The SMILES string of the molecule is Cc1cccn(CC(=O)NCCc2ccc(CO)cc2)c1=O. The van der Waals surface area contributed by atoms with E-state index in [-0.39, 0.29) is 24.6 Å². The number of aliphatic hydroxyl groups is 1. The molecule has 2 aromatic rings. The van der Waals surface area contributed by atoms with Crippen LogP contribution in [0.5, 0.6) is 0 Å². The van der Waals surface area contributed by atoms with Crippen LogP contribution in [0.2, 0.25) is 0 Å². The van der Waals surface area contributed by atoms with E-state index in [1.807, 2.05) is 24.3 Å². The van der Waals surface area contributed by atoms with Gasteiger partial charge in [0.1, 0.15) is 6.54 Å². The summed E-state index contributed by atoms with van der Waals surface area (Å²) in [5, 5.41) is 11.8. The van der Waals surface area contributed by atoms with Crippen LogP contribution in [0, 0.1) is 6.92 Å². The zero-order valence-electron chi connectivity index (χ0n) is 12.6. The highest BCUT2D eigenvalue weighted by Crippen LogP contribution is 2.04. The van der Waals surface area contributed by atoms with Gasteiger partial charge in [-0.2, -0.15) is 0 Å². The molecule has 0 radical (unpaired) electrons. The molecule has 1 amide bonds. The summed E-state index contributed by atoms with van der Waals surface area (Å²) in [6, 6.07) is 11.1. The fraction of sp³-hybridized carbons (Fsp3) is 0.294. The average Bonchev–Trinajstić information content (AvgIpc) is 2.52. The molecule has 0 fully saturated rings. The quantitative estimate of drug-likeness (QED) is 0.836. The molecule has 5 nitrogen and oxygen atoms in total. The number of hydrogen-bond acceptors (Lipinski definition) is 3. The van der Waals surface area contributed by atoms with Crippen LogP contribution in [0.25, 0.3) is 0 Å². The van der Waals surface area contributed by atoms with E-state index in [1.54, 1.807) is 25.3 Å². The van der Waals surface area contributed by atoms with Gasteiger partial charge in [0.05, 0.1) is 6.61 Å². The normalized spacial score (nSPS) is 10.5. The Morgan fingerprint density at radius 2 is 1.86 bits per heavy atom. The first kappa shape index (κ1) is 16.0. The minimum atomic E-state index is -0.181. The van der Waals surface area contributed by atoms with Crippen molar-refractivity contribution in [3.63, 3.8) is 0 Å². The number of nitrogens with zero attached hydrogens (tertiary/aromatic N) is 1. The Kier molecular flexibility index (Phi) is 5.49. The van der Waals surface area contributed by atoms with Crippen LogP contribution in [0.1, 0.15) is 16.7 Å². The number of pyridine rings is 1. The number of nitrogens with one attached hydrogen (secondary N) is 1. The van der Waals surface area contributed by atoms with Crippen molar-refractivity contribution in [2.45, 2.75) is 26.5 Å². The maximum absolute atomic E-state index is 11.9. The van der Waals surface area contributed by atoms with E-state index in [4.69, 9.17) is 5.11 Å². The number of carbonyl (C=O) groups is 1. The van der Waals surface area contributed by atoms with E-state index in [2.05, 4.69) is 5.32 Å². The van der Waals surface area contributed by atoms with Crippen LogP contribution in [-0.4, -0.2) is 22.1 Å². The second-order valence-corrected chi connectivity index (χ2v) is 5.20. The van der Waals surface area contributed by atoms with Crippen molar-refractivity contribution in [1.29, 1.82) is 0 Å². The summed E-state index contributed by atoms with van der Waals surface area (Å²) in [5.41, 5.74) is 2.44. The van der Waals surface area contributed by atoms with Crippen LogP contribution in [0.4, 0.5) is 0 Å². The number of carbonyl (C=O) groups excluding carboxylic acids is 1. The first-order chi connectivity index (χ1) is 10.6. The molecular formula is C17H20N2O3.